The van der Waals surface area contributed by atoms with Crippen LogP contribution >= 0.6 is 0 Å². The Hall–Kier alpha value is -2.30. The number of aryl methyl sites for hydroxylation is 1. The minimum atomic E-state index is -0.825. The third-order valence-electron chi connectivity index (χ3n) is 2.92. The molecule has 0 aliphatic rings. The second-order valence-corrected chi connectivity index (χ2v) is 4.21. The van der Waals surface area contributed by atoms with Crippen LogP contribution in [0, 0.1) is 6.92 Å². The van der Waals surface area contributed by atoms with Crippen LogP contribution in [0.5, 0.6) is 5.88 Å². The van der Waals surface area contributed by atoms with Crippen LogP contribution in [-0.4, -0.2) is 28.0 Å². The van der Waals surface area contributed by atoms with Gasteiger partial charge in [-0.05, 0) is 25.5 Å². The lowest BCUT2D eigenvalue weighted by molar-refractivity contribution is -0.136. The molecular formula is C14H16N2O3. The summed E-state index contributed by atoms with van der Waals surface area (Å²) in [4.78, 5) is 10.7. The van der Waals surface area contributed by atoms with Gasteiger partial charge in [0.25, 0.3) is 0 Å². The van der Waals surface area contributed by atoms with Gasteiger partial charge < -0.3 is 9.84 Å². The Morgan fingerprint density at radius 3 is 2.63 bits per heavy atom. The average molecular weight is 260 g/mol. The van der Waals surface area contributed by atoms with Crippen molar-refractivity contribution in [2.75, 3.05) is 7.11 Å². The second-order valence-electron chi connectivity index (χ2n) is 4.21. The van der Waals surface area contributed by atoms with Gasteiger partial charge in [-0.2, -0.15) is 5.10 Å². The number of para-hydroxylation sites is 1. The zero-order chi connectivity index (χ0) is 13.8. The van der Waals surface area contributed by atoms with E-state index in [-0.39, 0.29) is 6.42 Å². The number of carbonyl (C=O) groups is 1. The van der Waals surface area contributed by atoms with E-state index in [4.69, 9.17) is 9.84 Å². The number of hydrogen-bond donors (Lipinski definition) is 1. The Balaban J connectivity index is 2.41. The Bertz CT molecular complexity index is 576. The summed E-state index contributed by atoms with van der Waals surface area (Å²) in [5, 5.41) is 13.2. The normalized spacial score (nSPS) is 10.4. The summed E-state index contributed by atoms with van der Waals surface area (Å²) in [6, 6.07) is 9.62. The molecule has 0 atom stereocenters. The van der Waals surface area contributed by atoms with Crippen molar-refractivity contribution in [3.05, 3.63) is 41.6 Å². The minimum Gasteiger partial charge on any atom is -0.481 e. The molecule has 5 nitrogen and oxygen atoms in total. The topological polar surface area (TPSA) is 64.3 Å². The van der Waals surface area contributed by atoms with Crippen LogP contribution in [0.1, 0.15) is 17.7 Å². The number of benzene rings is 1. The van der Waals surface area contributed by atoms with Crippen LogP contribution in [0.3, 0.4) is 0 Å². The molecule has 0 spiro atoms. The highest BCUT2D eigenvalue weighted by atomic mass is 16.5. The van der Waals surface area contributed by atoms with E-state index in [9.17, 15) is 4.79 Å². The standard InChI is InChI=1S/C14H16N2O3/c1-10-12(8-9-13(17)18)14(19-2)16(15-10)11-6-4-3-5-7-11/h3-7H,8-9H2,1-2H3,(H,17,18). The van der Waals surface area contributed by atoms with Gasteiger partial charge >= 0.3 is 5.97 Å². The first-order valence-corrected chi connectivity index (χ1v) is 6.03. The Labute approximate surface area is 111 Å². The first-order valence-electron chi connectivity index (χ1n) is 6.03. The Morgan fingerprint density at radius 1 is 1.37 bits per heavy atom. The molecule has 0 aliphatic heterocycles. The van der Waals surface area contributed by atoms with Crippen molar-refractivity contribution in [3.63, 3.8) is 0 Å². The van der Waals surface area contributed by atoms with E-state index in [0.717, 1.165) is 16.9 Å². The van der Waals surface area contributed by atoms with Crippen LogP contribution in [0.15, 0.2) is 30.3 Å². The van der Waals surface area contributed by atoms with E-state index in [0.29, 0.717) is 12.3 Å². The third kappa shape index (κ3) is 2.76. The lowest BCUT2D eigenvalue weighted by atomic mass is 10.1. The molecule has 1 aromatic heterocycles. The van der Waals surface area contributed by atoms with Gasteiger partial charge in [0.05, 0.1) is 18.5 Å². The van der Waals surface area contributed by atoms with E-state index in [1.54, 1.807) is 11.8 Å². The number of methoxy groups -OCH3 is 1. The fourth-order valence-corrected chi connectivity index (χ4v) is 2.01. The van der Waals surface area contributed by atoms with Crippen molar-refractivity contribution >= 4 is 5.97 Å². The summed E-state index contributed by atoms with van der Waals surface area (Å²) in [7, 11) is 1.57. The molecule has 2 aromatic rings. The molecule has 0 saturated heterocycles. The van der Waals surface area contributed by atoms with Gasteiger partial charge in [-0.1, -0.05) is 18.2 Å². The fourth-order valence-electron chi connectivity index (χ4n) is 2.01. The molecule has 1 N–H and O–H groups in total. The number of rotatable bonds is 5. The predicted molar refractivity (Wildman–Crippen MR) is 70.8 cm³/mol. The summed E-state index contributed by atoms with van der Waals surface area (Å²) < 4.78 is 7.09. The van der Waals surface area contributed by atoms with Crippen LogP contribution in [0.25, 0.3) is 5.69 Å². The molecule has 0 radical (unpaired) electrons. The van der Waals surface area contributed by atoms with Crippen molar-refractivity contribution in [1.29, 1.82) is 0 Å². The van der Waals surface area contributed by atoms with Gasteiger partial charge in [-0.25, -0.2) is 4.68 Å². The minimum absolute atomic E-state index is 0.0671. The van der Waals surface area contributed by atoms with Gasteiger partial charge in [0.15, 0.2) is 0 Å². The van der Waals surface area contributed by atoms with Crippen molar-refractivity contribution in [1.82, 2.24) is 9.78 Å². The number of ether oxygens (including phenoxy) is 1. The van der Waals surface area contributed by atoms with E-state index in [1.165, 1.54) is 0 Å². The lowest BCUT2D eigenvalue weighted by Crippen LogP contribution is -2.02. The summed E-state index contributed by atoms with van der Waals surface area (Å²) in [5.41, 5.74) is 2.53. The summed E-state index contributed by atoms with van der Waals surface area (Å²) in [6.07, 6.45) is 0.481. The molecule has 0 fully saturated rings. The summed E-state index contributed by atoms with van der Waals surface area (Å²) in [6.45, 7) is 1.86. The predicted octanol–water partition coefficient (Wildman–Crippen LogP) is 2.21. The molecule has 0 unspecified atom stereocenters. The molecule has 5 heteroatoms. The molecule has 1 heterocycles. The largest absolute Gasteiger partial charge is 0.481 e. The van der Waals surface area contributed by atoms with Crippen molar-refractivity contribution in [2.45, 2.75) is 19.8 Å². The average Bonchev–Trinajstić information content (AvgIpc) is 2.73. The van der Waals surface area contributed by atoms with Crippen LogP contribution in [-0.2, 0) is 11.2 Å². The lowest BCUT2D eigenvalue weighted by Gasteiger charge is -2.07. The smallest absolute Gasteiger partial charge is 0.303 e. The van der Waals surface area contributed by atoms with Crippen LogP contribution in [0.2, 0.25) is 0 Å². The molecule has 0 bridgehead atoms. The van der Waals surface area contributed by atoms with E-state index < -0.39 is 5.97 Å². The maximum absolute atomic E-state index is 10.7. The molecule has 0 amide bonds. The third-order valence-corrected chi connectivity index (χ3v) is 2.92. The molecule has 1 aromatic carbocycles. The molecule has 100 valence electrons. The van der Waals surface area contributed by atoms with E-state index in [1.807, 2.05) is 37.3 Å². The monoisotopic (exact) mass is 260 g/mol. The maximum atomic E-state index is 10.7. The van der Waals surface area contributed by atoms with Crippen molar-refractivity contribution in [2.24, 2.45) is 0 Å². The van der Waals surface area contributed by atoms with Gasteiger partial charge in [-0.15, -0.1) is 0 Å². The molecular weight excluding hydrogens is 244 g/mol. The van der Waals surface area contributed by atoms with Crippen molar-refractivity contribution in [3.8, 4) is 11.6 Å². The number of carboxylic acids is 1. The highest BCUT2D eigenvalue weighted by Gasteiger charge is 2.17. The molecule has 2 rings (SSSR count). The number of aliphatic carboxylic acids is 1. The van der Waals surface area contributed by atoms with Gasteiger partial charge in [0.2, 0.25) is 5.88 Å². The van der Waals surface area contributed by atoms with Gasteiger partial charge in [-0.3, -0.25) is 4.79 Å². The first-order chi connectivity index (χ1) is 9.13. The zero-order valence-electron chi connectivity index (χ0n) is 11.0. The molecule has 0 saturated carbocycles. The highest BCUT2D eigenvalue weighted by Crippen LogP contribution is 2.26. The van der Waals surface area contributed by atoms with Gasteiger partial charge in [0.1, 0.15) is 0 Å². The van der Waals surface area contributed by atoms with E-state index in [2.05, 4.69) is 5.10 Å². The zero-order valence-corrected chi connectivity index (χ0v) is 11.0. The number of carboxylic acid groups (broad SMARTS) is 1. The highest BCUT2D eigenvalue weighted by molar-refractivity contribution is 5.67. The first kappa shape index (κ1) is 13.1. The summed E-state index contributed by atoms with van der Waals surface area (Å²) in [5.74, 6) is -0.223. The summed E-state index contributed by atoms with van der Waals surface area (Å²) >= 11 is 0. The molecule has 19 heavy (non-hydrogen) atoms. The molecule has 0 aliphatic carbocycles. The van der Waals surface area contributed by atoms with Crippen molar-refractivity contribution < 1.29 is 14.6 Å². The van der Waals surface area contributed by atoms with Gasteiger partial charge in [0, 0.05) is 12.0 Å². The van der Waals surface area contributed by atoms with Crippen LogP contribution in [0.4, 0.5) is 0 Å². The Kier molecular flexibility index (Phi) is 3.85. The second kappa shape index (κ2) is 5.56. The van der Waals surface area contributed by atoms with Crippen LogP contribution < -0.4 is 4.74 Å². The number of aromatic nitrogens is 2. The SMILES string of the molecule is COc1c(CCC(=O)O)c(C)nn1-c1ccccc1. The fraction of sp³-hybridized carbons (Fsp3) is 0.286. The number of hydrogen-bond acceptors (Lipinski definition) is 3. The van der Waals surface area contributed by atoms with E-state index >= 15 is 0 Å². The quantitative estimate of drug-likeness (QED) is 0.895. The Morgan fingerprint density at radius 2 is 2.05 bits per heavy atom. The number of nitrogens with zero attached hydrogens (tertiary/aromatic N) is 2. The maximum Gasteiger partial charge on any atom is 0.303 e.